The van der Waals surface area contributed by atoms with Crippen molar-refractivity contribution in [3.05, 3.63) is 181 Å². The van der Waals surface area contributed by atoms with Crippen molar-refractivity contribution in [2.24, 2.45) is 0 Å². The van der Waals surface area contributed by atoms with E-state index in [0.717, 1.165) is 70.5 Å². The Morgan fingerprint density at radius 1 is 0.351 bits per heavy atom. The summed E-state index contributed by atoms with van der Waals surface area (Å²) in [6.45, 7) is 18.4. The van der Waals surface area contributed by atoms with Crippen LogP contribution < -0.4 is 18.9 Å². The standard InChI is InChI=1S/C67H72O20S7/c1-11-64(6,7)56-36-32-52(40-60(56)91(72,73)74)89(68,69)54-34-38-58(62(42-54)93(78,79)80)84-46-20-16-44(17-21-46)45-18-22-49(23-19-45)87-66(10,13-3)67(14-4,15-5)57-37-33-53(41-61(57)92(75,76)77)90(70,71)55-35-39-59(63(43-55)94(81,82)83)85-47-24-28-50(29-25-47)88-51-30-26-48(27-31-51)86-65(8,9)12-2/h16-43H,11-15H2,1-10H3,(H,72,73,74)(H,75,76,77)(H,78,79,80)(H,81,82,83). The molecule has 0 aliphatic carbocycles. The summed E-state index contributed by atoms with van der Waals surface area (Å²) in [5, 5.41) is 0. The van der Waals surface area contributed by atoms with Crippen molar-refractivity contribution in [1.82, 2.24) is 0 Å². The van der Waals surface area contributed by atoms with Crippen molar-refractivity contribution in [3.63, 3.8) is 0 Å². The molecular weight excluding hydrogens is 1350 g/mol. The van der Waals surface area contributed by atoms with E-state index in [1.165, 1.54) is 36.0 Å². The first-order valence-electron chi connectivity index (χ1n) is 29.4. The van der Waals surface area contributed by atoms with Crippen LogP contribution in [0.2, 0.25) is 0 Å². The van der Waals surface area contributed by atoms with Gasteiger partial charge in [0.15, 0.2) is 0 Å². The van der Waals surface area contributed by atoms with Crippen LogP contribution >= 0.6 is 11.8 Å². The van der Waals surface area contributed by atoms with E-state index in [2.05, 4.69) is 0 Å². The molecule has 0 aliphatic rings. The first-order valence-corrected chi connectivity index (χ1v) is 39.0. The molecule has 0 heterocycles. The van der Waals surface area contributed by atoms with E-state index in [4.69, 9.17) is 18.9 Å². The molecule has 8 aromatic rings. The van der Waals surface area contributed by atoms with Gasteiger partial charge >= 0.3 is 0 Å². The van der Waals surface area contributed by atoms with Crippen LogP contribution in [-0.2, 0) is 71.0 Å². The number of ether oxygens (including phenoxy) is 4. The second-order valence-corrected chi connectivity index (χ2v) is 34.3. The Bertz CT molecular complexity index is 4860. The molecule has 1 unspecified atom stereocenters. The van der Waals surface area contributed by atoms with Crippen LogP contribution in [0.15, 0.2) is 219 Å². The molecule has 94 heavy (non-hydrogen) atoms. The zero-order chi connectivity index (χ0) is 69.4. The van der Waals surface area contributed by atoms with Gasteiger partial charge in [-0.3, -0.25) is 18.2 Å². The molecule has 27 heteroatoms. The number of sulfone groups is 2. The lowest BCUT2D eigenvalue weighted by atomic mass is 9.63. The number of benzene rings is 8. The number of hydrogen-bond donors (Lipinski definition) is 4. The highest BCUT2D eigenvalue weighted by molar-refractivity contribution is 7.99. The third-order valence-corrected chi connectivity index (χ3v) is 25.1. The van der Waals surface area contributed by atoms with Crippen LogP contribution in [0.4, 0.5) is 0 Å². The first-order chi connectivity index (χ1) is 43.6. The zero-order valence-corrected chi connectivity index (χ0v) is 58.6. The molecule has 0 saturated carbocycles. The maximum absolute atomic E-state index is 14.4. The molecule has 502 valence electrons. The summed E-state index contributed by atoms with van der Waals surface area (Å²) in [6, 6.07) is 39.1. The topological polar surface area (TPSA) is 323 Å². The molecule has 4 N–H and O–H groups in total. The Morgan fingerprint density at radius 2 is 0.681 bits per heavy atom. The van der Waals surface area contributed by atoms with Crippen LogP contribution in [0.3, 0.4) is 0 Å². The Balaban J connectivity index is 1.00. The monoisotopic (exact) mass is 1420 g/mol. The van der Waals surface area contributed by atoms with Crippen molar-refractivity contribution >= 4 is 71.9 Å². The highest BCUT2D eigenvalue weighted by atomic mass is 32.2. The molecule has 0 bridgehead atoms. The summed E-state index contributed by atoms with van der Waals surface area (Å²) in [6.07, 6.45) is 1.92. The van der Waals surface area contributed by atoms with Gasteiger partial charge in [0.25, 0.3) is 40.5 Å². The van der Waals surface area contributed by atoms with Gasteiger partial charge in [0.1, 0.15) is 55.5 Å². The Morgan fingerprint density at radius 3 is 1.04 bits per heavy atom. The van der Waals surface area contributed by atoms with Gasteiger partial charge in [0.2, 0.25) is 19.7 Å². The van der Waals surface area contributed by atoms with Crippen molar-refractivity contribution in [2.75, 3.05) is 0 Å². The molecule has 1 atom stereocenters. The zero-order valence-electron chi connectivity index (χ0n) is 52.9. The lowest BCUT2D eigenvalue weighted by Gasteiger charge is -2.48. The molecule has 8 aromatic carbocycles. The summed E-state index contributed by atoms with van der Waals surface area (Å²) in [7, 11) is -29.9. The summed E-state index contributed by atoms with van der Waals surface area (Å²) < 4.78 is 226. The molecular formula is C67H72O20S7. The fourth-order valence-electron chi connectivity index (χ4n) is 10.9. The lowest BCUT2D eigenvalue weighted by Crippen LogP contribution is -2.53. The molecule has 0 fully saturated rings. The minimum atomic E-state index is -5.21. The summed E-state index contributed by atoms with van der Waals surface area (Å²) in [4.78, 5) is -3.96. The maximum atomic E-state index is 14.4. The number of hydrogen-bond acceptors (Lipinski definition) is 17. The Hall–Kier alpha value is -7.15. The summed E-state index contributed by atoms with van der Waals surface area (Å²) in [5.41, 5.74) is -2.15. The fraction of sp³-hybridized carbons (Fsp3) is 0.284. The van der Waals surface area contributed by atoms with Gasteiger partial charge in [-0.05, 0) is 214 Å². The Labute approximate surface area is 554 Å². The van der Waals surface area contributed by atoms with Crippen LogP contribution in [0.25, 0.3) is 11.1 Å². The van der Waals surface area contributed by atoms with Gasteiger partial charge in [-0.25, -0.2) is 16.8 Å². The minimum absolute atomic E-state index is 0.0341. The Kier molecular flexibility index (Phi) is 21.0. The van der Waals surface area contributed by atoms with Gasteiger partial charge in [-0.1, -0.05) is 96.6 Å². The predicted molar refractivity (Wildman–Crippen MR) is 355 cm³/mol. The van der Waals surface area contributed by atoms with Crippen molar-refractivity contribution in [3.8, 4) is 45.6 Å². The number of rotatable bonds is 27. The van der Waals surface area contributed by atoms with Gasteiger partial charge < -0.3 is 18.9 Å². The highest BCUT2D eigenvalue weighted by Crippen LogP contribution is 2.49. The quantitative estimate of drug-likeness (QED) is 0.0348. The average molecular weight is 1420 g/mol. The van der Waals surface area contributed by atoms with E-state index in [1.807, 2.05) is 52.0 Å². The fourth-order valence-corrected chi connectivity index (χ4v) is 17.6. The molecule has 0 amide bonds. The molecule has 0 saturated heterocycles. The van der Waals surface area contributed by atoms with Gasteiger partial charge in [0, 0.05) is 15.2 Å². The van der Waals surface area contributed by atoms with E-state index < -0.39 is 127 Å². The van der Waals surface area contributed by atoms with E-state index in [9.17, 15) is 68.7 Å². The van der Waals surface area contributed by atoms with Gasteiger partial charge in [-0.2, -0.15) is 33.7 Å². The predicted octanol–water partition coefficient (Wildman–Crippen LogP) is 15.3. The molecule has 0 radical (unpaired) electrons. The van der Waals surface area contributed by atoms with Gasteiger partial charge in [0.05, 0.1) is 29.4 Å². The van der Waals surface area contributed by atoms with E-state index >= 15 is 0 Å². The van der Waals surface area contributed by atoms with Crippen molar-refractivity contribution in [1.29, 1.82) is 0 Å². The summed E-state index contributed by atoms with van der Waals surface area (Å²) in [5.74, 6) is 0.429. The maximum Gasteiger partial charge on any atom is 0.298 e. The summed E-state index contributed by atoms with van der Waals surface area (Å²) >= 11 is 1.45. The molecule has 20 nitrogen and oxygen atoms in total. The lowest BCUT2D eigenvalue weighted by molar-refractivity contribution is -0.00966. The normalized spacial score (nSPS) is 13.6. The molecule has 0 spiro atoms. The molecule has 8 rings (SSSR count). The molecule has 0 aliphatic heterocycles. The van der Waals surface area contributed by atoms with Crippen molar-refractivity contribution < 1.29 is 87.7 Å². The minimum Gasteiger partial charge on any atom is -0.488 e. The van der Waals surface area contributed by atoms with Crippen LogP contribution in [0.1, 0.15) is 112 Å². The first kappa shape index (κ1) is 72.7. The van der Waals surface area contributed by atoms with Crippen molar-refractivity contribution in [2.45, 2.75) is 172 Å². The van der Waals surface area contributed by atoms with Crippen LogP contribution in [0.5, 0.6) is 34.5 Å². The molecule has 0 aromatic heterocycles. The van der Waals surface area contributed by atoms with Gasteiger partial charge in [-0.15, -0.1) is 0 Å². The average Bonchev–Trinajstić information content (AvgIpc) is 0.753. The third kappa shape index (κ3) is 15.7. The highest BCUT2D eigenvalue weighted by Gasteiger charge is 2.50. The smallest absolute Gasteiger partial charge is 0.298 e. The second kappa shape index (κ2) is 27.2. The van der Waals surface area contributed by atoms with E-state index in [1.54, 1.807) is 102 Å². The second-order valence-electron chi connectivity index (χ2n) is 23.7. The van der Waals surface area contributed by atoms with Crippen LogP contribution in [0, 0.1) is 0 Å². The van der Waals surface area contributed by atoms with Crippen LogP contribution in [-0.4, -0.2) is 79.9 Å². The largest absolute Gasteiger partial charge is 0.488 e. The third-order valence-electron chi connectivity index (χ3n) is 17.1. The van der Waals surface area contributed by atoms with E-state index in [-0.39, 0.29) is 47.5 Å². The SMILES string of the molecule is CCC(C)(C)Oc1ccc(Sc2ccc(Oc3ccc(S(=O)(=O)c4ccc(C(CC)(CC)C(C)(CC)Oc5ccc(-c6ccc(Oc7ccc(S(=O)(=O)c8ccc(C(C)(C)CC)c(S(=O)(=O)O)c8)cc7S(=O)(=O)O)cc6)cc5)c(S(=O)(=O)O)c4)cc3S(=O)(=O)O)cc2)cc1. The van der Waals surface area contributed by atoms with E-state index in [0.29, 0.717) is 35.4 Å².